The van der Waals surface area contributed by atoms with Gasteiger partial charge in [-0.25, -0.2) is 0 Å². The Kier molecular flexibility index (Phi) is 5.18. The van der Waals surface area contributed by atoms with E-state index >= 15 is 0 Å². The van der Waals surface area contributed by atoms with Gasteiger partial charge in [-0.1, -0.05) is 42.5 Å². The molecule has 1 saturated carbocycles. The molecule has 5 heteroatoms. The van der Waals surface area contributed by atoms with Crippen molar-refractivity contribution in [1.29, 1.82) is 0 Å². The van der Waals surface area contributed by atoms with Gasteiger partial charge in [0.1, 0.15) is 6.10 Å². The van der Waals surface area contributed by atoms with Crippen LogP contribution in [0.3, 0.4) is 0 Å². The van der Waals surface area contributed by atoms with Crippen molar-refractivity contribution in [2.45, 2.75) is 32.0 Å². The first-order valence-electron chi connectivity index (χ1n) is 9.91. The van der Waals surface area contributed by atoms with Gasteiger partial charge in [0.25, 0.3) is 5.91 Å². The van der Waals surface area contributed by atoms with Gasteiger partial charge < -0.3 is 14.5 Å². The van der Waals surface area contributed by atoms with Crippen LogP contribution in [0.4, 0.5) is 5.69 Å². The van der Waals surface area contributed by atoms with Gasteiger partial charge in [-0.15, -0.1) is 0 Å². The first-order chi connectivity index (χ1) is 13.5. The fourth-order valence-electron chi connectivity index (χ4n) is 3.81. The fraction of sp³-hybridized carbons (Fsp3) is 0.391. The summed E-state index contributed by atoms with van der Waals surface area (Å²) in [6.07, 6.45) is 1.69. The van der Waals surface area contributed by atoms with Crippen LogP contribution in [0.25, 0.3) is 0 Å². The zero-order valence-corrected chi connectivity index (χ0v) is 16.4. The number of hydrogen-bond donors (Lipinski definition) is 0. The van der Waals surface area contributed by atoms with Crippen LogP contribution in [-0.2, 0) is 9.53 Å². The van der Waals surface area contributed by atoms with Crippen molar-refractivity contribution in [2.24, 2.45) is 5.92 Å². The van der Waals surface area contributed by atoms with E-state index in [1.54, 1.807) is 11.9 Å². The summed E-state index contributed by atoms with van der Waals surface area (Å²) in [7, 11) is 1.77. The Hall–Kier alpha value is -2.66. The third-order valence-corrected chi connectivity index (χ3v) is 5.47. The van der Waals surface area contributed by atoms with Crippen LogP contribution in [0.15, 0.2) is 54.6 Å². The maximum Gasteiger partial charge on any atom is 0.256 e. The summed E-state index contributed by atoms with van der Waals surface area (Å²) in [4.78, 5) is 29.4. The van der Waals surface area contributed by atoms with Crippen LogP contribution in [0.5, 0.6) is 0 Å². The second kappa shape index (κ2) is 7.76. The summed E-state index contributed by atoms with van der Waals surface area (Å²) >= 11 is 0. The average molecular weight is 378 g/mol. The lowest BCUT2D eigenvalue weighted by atomic mass is 10.0. The molecule has 0 unspecified atom stereocenters. The van der Waals surface area contributed by atoms with Gasteiger partial charge in [0.2, 0.25) is 5.91 Å². The average Bonchev–Trinajstić information content (AvgIpc) is 3.58. The van der Waals surface area contributed by atoms with Gasteiger partial charge in [-0.05, 0) is 37.5 Å². The van der Waals surface area contributed by atoms with Gasteiger partial charge in [-0.2, -0.15) is 0 Å². The van der Waals surface area contributed by atoms with Crippen LogP contribution >= 0.6 is 0 Å². The molecule has 2 fully saturated rings. The van der Waals surface area contributed by atoms with Crippen molar-refractivity contribution < 1.29 is 14.3 Å². The van der Waals surface area contributed by atoms with E-state index < -0.39 is 0 Å². The van der Waals surface area contributed by atoms with E-state index in [1.165, 1.54) is 0 Å². The lowest BCUT2D eigenvalue weighted by molar-refractivity contribution is -0.119. The molecule has 2 amide bonds. The van der Waals surface area contributed by atoms with Gasteiger partial charge >= 0.3 is 0 Å². The minimum atomic E-state index is -0.146. The number of nitrogens with zero attached hydrogens (tertiary/aromatic N) is 2. The number of carbonyl (C=O) groups excluding carboxylic acids is 2. The molecule has 28 heavy (non-hydrogen) atoms. The standard InChI is InChI=1S/C23H26N2O3/c1-16-14-25(15-21(28-16)17-8-4-3-5-9-17)23(27)19-10-6-7-11-20(19)24(2)22(26)18-12-13-18/h3-11,16,18,21H,12-15H2,1-2H3/t16-,21-/m0/s1. The number of anilines is 1. The first-order valence-corrected chi connectivity index (χ1v) is 9.91. The molecule has 1 aliphatic heterocycles. The molecule has 1 saturated heterocycles. The van der Waals surface area contributed by atoms with Gasteiger partial charge in [-0.3, -0.25) is 9.59 Å². The SMILES string of the molecule is C[C@H]1CN(C(=O)c2ccccc2N(C)C(=O)C2CC2)C[C@@H](c2ccccc2)O1. The number of morpholine rings is 1. The molecule has 2 atom stereocenters. The Morgan fingerprint density at radius 1 is 1.00 bits per heavy atom. The van der Waals surface area contributed by atoms with E-state index in [2.05, 4.69) is 0 Å². The normalized spacial score (nSPS) is 22.0. The summed E-state index contributed by atoms with van der Waals surface area (Å²) in [6, 6.07) is 17.4. The molecular formula is C23H26N2O3. The molecule has 2 aromatic rings. The Balaban J connectivity index is 1.58. The molecular weight excluding hydrogens is 352 g/mol. The highest BCUT2D eigenvalue weighted by atomic mass is 16.5. The second-order valence-corrected chi connectivity index (χ2v) is 7.74. The lowest BCUT2D eigenvalue weighted by Crippen LogP contribution is -2.46. The summed E-state index contributed by atoms with van der Waals surface area (Å²) in [6.45, 7) is 3.03. The van der Waals surface area contributed by atoms with E-state index in [-0.39, 0.29) is 29.9 Å². The molecule has 2 aromatic carbocycles. The Morgan fingerprint density at radius 2 is 1.68 bits per heavy atom. The van der Waals surface area contributed by atoms with Crippen LogP contribution < -0.4 is 4.90 Å². The molecule has 0 spiro atoms. The van der Waals surface area contributed by atoms with Crippen LogP contribution in [-0.4, -0.2) is 43.0 Å². The topological polar surface area (TPSA) is 49.9 Å². The number of rotatable bonds is 4. The maximum absolute atomic E-state index is 13.4. The predicted octanol–water partition coefficient (Wildman–Crippen LogP) is 3.66. The largest absolute Gasteiger partial charge is 0.367 e. The smallest absolute Gasteiger partial charge is 0.256 e. The van der Waals surface area contributed by atoms with Crippen molar-refractivity contribution in [2.75, 3.05) is 25.0 Å². The number of hydrogen-bond acceptors (Lipinski definition) is 3. The van der Waals surface area contributed by atoms with Gasteiger partial charge in [0, 0.05) is 19.5 Å². The fourth-order valence-corrected chi connectivity index (χ4v) is 3.81. The van der Waals surface area contributed by atoms with Crippen LogP contribution in [0.1, 0.15) is 41.8 Å². The number of benzene rings is 2. The zero-order valence-electron chi connectivity index (χ0n) is 16.4. The van der Waals surface area contributed by atoms with Crippen LogP contribution in [0, 0.1) is 5.92 Å². The maximum atomic E-state index is 13.4. The molecule has 0 aromatic heterocycles. The van der Waals surface area contributed by atoms with E-state index in [1.807, 2.05) is 66.4 Å². The quantitative estimate of drug-likeness (QED) is 0.816. The summed E-state index contributed by atoms with van der Waals surface area (Å²) in [5, 5.41) is 0. The molecule has 4 rings (SSSR count). The molecule has 5 nitrogen and oxygen atoms in total. The summed E-state index contributed by atoms with van der Waals surface area (Å²) < 4.78 is 6.09. The monoisotopic (exact) mass is 378 g/mol. The van der Waals surface area contributed by atoms with Gasteiger partial charge in [0.05, 0.1) is 23.9 Å². The minimum Gasteiger partial charge on any atom is -0.367 e. The zero-order chi connectivity index (χ0) is 19.7. The highest BCUT2D eigenvalue weighted by Gasteiger charge is 2.35. The van der Waals surface area contributed by atoms with Crippen molar-refractivity contribution in [1.82, 2.24) is 4.90 Å². The van der Waals surface area contributed by atoms with Crippen molar-refractivity contribution >= 4 is 17.5 Å². The Bertz CT molecular complexity index is 863. The third-order valence-electron chi connectivity index (χ3n) is 5.47. The Morgan fingerprint density at radius 3 is 2.39 bits per heavy atom. The summed E-state index contributed by atoms with van der Waals surface area (Å²) in [5.41, 5.74) is 2.32. The molecule has 146 valence electrons. The molecule has 1 aliphatic carbocycles. The third kappa shape index (κ3) is 3.80. The number of amides is 2. The van der Waals surface area contributed by atoms with E-state index in [9.17, 15) is 9.59 Å². The lowest BCUT2D eigenvalue weighted by Gasteiger charge is -2.37. The Labute approximate surface area is 165 Å². The minimum absolute atomic E-state index is 0.0536. The molecule has 0 radical (unpaired) electrons. The predicted molar refractivity (Wildman–Crippen MR) is 108 cm³/mol. The molecule has 2 aliphatic rings. The highest BCUT2D eigenvalue weighted by molar-refractivity contribution is 6.05. The number of carbonyl (C=O) groups is 2. The molecule has 0 bridgehead atoms. The van der Waals surface area contributed by atoms with E-state index in [4.69, 9.17) is 4.74 Å². The number of para-hydroxylation sites is 1. The van der Waals surface area contributed by atoms with Crippen molar-refractivity contribution in [3.63, 3.8) is 0 Å². The second-order valence-electron chi connectivity index (χ2n) is 7.74. The van der Waals surface area contributed by atoms with Gasteiger partial charge in [0.15, 0.2) is 0 Å². The molecule has 1 heterocycles. The summed E-state index contributed by atoms with van der Waals surface area (Å²) in [5.74, 6) is 0.152. The van der Waals surface area contributed by atoms with Crippen molar-refractivity contribution in [3.05, 3.63) is 65.7 Å². The van der Waals surface area contributed by atoms with E-state index in [0.717, 1.165) is 18.4 Å². The first kappa shape index (κ1) is 18.7. The van der Waals surface area contributed by atoms with Crippen LogP contribution in [0.2, 0.25) is 0 Å². The highest BCUT2D eigenvalue weighted by Crippen LogP contribution is 2.34. The number of ether oxygens (including phenoxy) is 1. The molecule has 0 N–H and O–H groups in total. The van der Waals surface area contributed by atoms with Crippen molar-refractivity contribution in [3.8, 4) is 0 Å². The van der Waals surface area contributed by atoms with E-state index in [0.29, 0.717) is 24.3 Å².